The third kappa shape index (κ3) is 2.85. The third-order valence-corrected chi connectivity index (χ3v) is 9.10. The van der Waals surface area contributed by atoms with Gasteiger partial charge in [-0.2, -0.15) is 0 Å². The van der Waals surface area contributed by atoms with Crippen LogP contribution in [0.3, 0.4) is 0 Å². The van der Waals surface area contributed by atoms with Crippen LogP contribution < -0.4 is 0 Å². The van der Waals surface area contributed by atoms with Crippen molar-refractivity contribution in [3.63, 3.8) is 0 Å². The van der Waals surface area contributed by atoms with Gasteiger partial charge in [-0.15, -0.1) is 0 Å². The fourth-order valence-corrected chi connectivity index (χ4v) is 7.27. The minimum absolute atomic E-state index is 0.0661. The van der Waals surface area contributed by atoms with Crippen LogP contribution in [-0.2, 0) is 4.74 Å². The SMILES string of the molecule is CN(C)[C@H]1C[C@@]23CC[C@@]4(O2)C(=CC[C@]2(C)C(C#Cc5cccnc5)=CC[C@H]24)C=C3[C@@H](O)[C@@H]1O. The van der Waals surface area contributed by atoms with Gasteiger partial charge >= 0.3 is 0 Å². The Bertz CT molecular complexity index is 1140. The van der Waals surface area contributed by atoms with Gasteiger partial charge in [0.15, 0.2) is 0 Å². The number of ether oxygens (including phenoxy) is 1. The number of fused-ring (bicyclic) bond motifs is 1. The molecule has 5 heteroatoms. The summed E-state index contributed by atoms with van der Waals surface area (Å²) in [6.45, 7) is 2.34. The van der Waals surface area contributed by atoms with Crippen LogP contribution in [0.5, 0.6) is 0 Å². The molecule has 33 heavy (non-hydrogen) atoms. The molecule has 2 N–H and O–H groups in total. The summed E-state index contributed by atoms with van der Waals surface area (Å²) in [7, 11) is 3.94. The molecule has 3 heterocycles. The van der Waals surface area contributed by atoms with Crippen molar-refractivity contribution >= 4 is 0 Å². The summed E-state index contributed by atoms with van der Waals surface area (Å²) in [4.78, 5) is 6.20. The summed E-state index contributed by atoms with van der Waals surface area (Å²) in [5.41, 5.74) is 3.29. The van der Waals surface area contributed by atoms with Crippen molar-refractivity contribution in [1.82, 2.24) is 9.88 Å². The molecule has 5 nitrogen and oxygen atoms in total. The Balaban J connectivity index is 1.38. The number of rotatable bonds is 1. The number of nitrogens with zero attached hydrogens (tertiary/aromatic N) is 2. The van der Waals surface area contributed by atoms with Gasteiger partial charge < -0.3 is 19.8 Å². The summed E-state index contributed by atoms with van der Waals surface area (Å²) >= 11 is 0. The van der Waals surface area contributed by atoms with E-state index in [-0.39, 0.29) is 17.1 Å². The van der Waals surface area contributed by atoms with E-state index in [1.54, 1.807) is 12.4 Å². The van der Waals surface area contributed by atoms with Crippen molar-refractivity contribution in [3.05, 3.63) is 65.0 Å². The number of aliphatic hydroxyl groups is 2. The first kappa shape index (κ1) is 21.3. The standard InChI is InChI=1S/C28H32N2O3/c1-26-11-10-20-15-21-24(31)25(32)22(30(2)3)16-27(21)12-13-28(20,33-27)23(26)9-8-19(26)7-6-18-5-4-14-29-17-18/h4-5,8,10,14-15,17,22-25,31-32H,9,11-13,16H2,1-3H3/t22-,23+,24+,25+,26+,27+,28+/m0/s1. The maximum atomic E-state index is 11.1. The van der Waals surface area contributed by atoms with Crippen molar-refractivity contribution in [2.24, 2.45) is 11.3 Å². The highest BCUT2D eigenvalue weighted by Crippen LogP contribution is 2.66. The van der Waals surface area contributed by atoms with Gasteiger partial charge in [0, 0.05) is 40.9 Å². The van der Waals surface area contributed by atoms with Crippen LogP contribution in [0.1, 0.15) is 44.6 Å². The van der Waals surface area contributed by atoms with Crippen molar-refractivity contribution in [2.75, 3.05) is 14.1 Å². The van der Waals surface area contributed by atoms with Gasteiger partial charge in [-0.1, -0.05) is 37.0 Å². The molecule has 1 saturated heterocycles. The van der Waals surface area contributed by atoms with Gasteiger partial charge in [0.2, 0.25) is 0 Å². The van der Waals surface area contributed by atoms with E-state index in [0.29, 0.717) is 12.3 Å². The number of hydrogen-bond donors (Lipinski definition) is 2. The molecule has 2 bridgehead atoms. The van der Waals surface area contributed by atoms with Crippen LogP contribution in [0.25, 0.3) is 0 Å². The molecule has 6 rings (SSSR count). The Morgan fingerprint density at radius 3 is 2.79 bits per heavy atom. The predicted octanol–water partition coefficient (Wildman–Crippen LogP) is 3.00. The molecule has 2 spiro atoms. The molecule has 3 aliphatic carbocycles. The van der Waals surface area contributed by atoms with Gasteiger partial charge in [-0.05, 0) is 69.5 Å². The zero-order valence-corrected chi connectivity index (χ0v) is 19.6. The first-order valence-electron chi connectivity index (χ1n) is 12.1. The molecule has 172 valence electrons. The molecule has 1 aromatic rings. The largest absolute Gasteiger partial charge is 0.388 e. The minimum atomic E-state index is -0.890. The van der Waals surface area contributed by atoms with Crippen molar-refractivity contribution in [2.45, 2.75) is 68.5 Å². The molecular weight excluding hydrogens is 412 g/mol. The lowest BCUT2D eigenvalue weighted by Gasteiger charge is -2.55. The van der Waals surface area contributed by atoms with E-state index in [2.05, 4.69) is 42.0 Å². The fourth-order valence-electron chi connectivity index (χ4n) is 7.27. The van der Waals surface area contributed by atoms with Gasteiger partial charge in [0.1, 0.15) is 6.10 Å². The van der Waals surface area contributed by atoms with E-state index in [0.717, 1.165) is 36.8 Å². The number of aromatic nitrogens is 1. The van der Waals surface area contributed by atoms with Crippen molar-refractivity contribution in [1.29, 1.82) is 0 Å². The van der Waals surface area contributed by atoms with Crippen molar-refractivity contribution < 1.29 is 14.9 Å². The first-order valence-corrected chi connectivity index (χ1v) is 12.1. The Morgan fingerprint density at radius 2 is 2.03 bits per heavy atom. The zero-order chi connectivity index (χ0) is 23.0. The van der Waals surface area contributed by atoms with Crippen molar-refractivity contribution in [3.8, 4) is 11.8 Å². The number of allylic oxidation sites excluding steroid dienone is 3. The van der Waals surface area contributed by atoms with Crippen LogP contribution in [0, 0.1) is 23.2 Å². The topological polar surface area (TPSA) is 65.8 Å². The molecular formula is C28H32N2O3. The van der Waals surface area contributed by atoms with E-state index < -0.39 is 17.8 Å². The first-order chi connectivity index (χ1) is 15.8. The Kier molecular flexibility index (Phi) is 4.61. The minimum Gasteiger partial charge on any atom is -0.388 e. The number of aliphatic hydroxyl groups excluding tert-OH is 2. The summed E-state index contributed by atoms with van der Waals surface area (Å²) < 4.78 is 7.14. The second-order valence-corrected chi connectivity index (χ2v) is 10.9. The highest BCUT2D eigenvalue weighted by atomic mass is 16.5. The lowest BCUT2D eigenvalue weighted by molar-refractivity contribution is -0.162. The van der Waals surface area contributed by atoms with Gasteiger partial charge in [-0.25, -0.2) is 0 Å². The second kappa shape index (κ2) is 7.13. The lowest BCUT2D eigenvalue weighted by Crippen LogP contribution is -2.61. The Hall–Kier alpha value is -2.23. The van der Waals surface area contributed by atoms with E-state index in [1.807, 2.05) is 31.1 Å². The summed E-state index contributed by atoms with van der Waals surface area (Å²) in [5.74, 6) is 7.10. The maximum absolute atomic E-state index is 11.1. The molecule has 0 unspecified atom stereocenters. The molecule has 1 saturated carbocycles. The normalized spacial score (nSPS) is 42.9. The molecule has 2 aliphatic heterocycles. The zero-order valence-electron chi connectivity index (χ0n) is 19.6. The summed E-state index contributed by atoms with van der Waals surface area (Å²) in [6.07, 6.45) is 13.1. The molecule has 7 atom stereocenters. The quantitative estimate of drug-likeness (QED) is 0.652. The number of hydrogen-bond acceptors (Lipinski definition) is 5. The fraction of sp³-hybridized carbons (Fsp3) is 0.536. The number of pyridine rings is 1. The molecule has 1 aromatic heterocycles. The van der Waals surface area contributed by atoms with Gasteiger partial charge in [-0.3, -0.25) is 4.98 Å². The lowest BCUT2D eigenvalue weighted by atomic mass is 9.59. The smallest absolute Gasteiger partial charge is 0.105 e. The highest BCUT2D eigenvalue weighted by molar-refractivity contribution is 5.53. The van der Waals surface area contributed by atoms with E-state index in [4.69, 9.17) is 4.74 Å². The van der Waals surface area contributed by atoms with Crippen LogP contribution >= 0.6 is 0 Å². The van der Waals surface area contributed by atoms with Crippen LogP contribution in [0.4, 0.5) is 0 Å². The molecule has 0 radical (unpaired) electrons. The second-order valence-electron chi connectivity index (χ2n) is 10.9. The maximum Gasteiger partial charge on any atom is 0.105 e. The highest BCUT2D eigenvalue weighted by Gasteiger charge is 2.67. The van der Waals surface area contributed by atoms with Crippen LogP contribution in [0.2, 0.25) is 0 Å². The summed E-state index contributed by atoms with van der Waals surface area (Å²) in [6, 6.07) is 3.78. The van der Waals surface area contributed by atoms with E-state index in [9.17, 15) is 10.2 Å². The van der Waals surface area contributed by atoms with Crippen LogP contribution in [-0.4, -0.2) is 63.6 Å². The van der Waals surface area contributed by atoms with Gasteiger partial charge in [0.25, 0.3) is 0 Å². The summed E-state index contributed by atoms with van der Waals surface area (Å²) in [5, 5.41) is 21.9. The predicted molar refractivity (Wildman–Crippen MR) is 126 cm³/mol. The third-order valence-electron chi connectivity index (χ3n) is 9.10. The van der Waals surface area contributed by atoms with E-state index in [1.165, 1.54) is 11.1 Å². The van der Waals surface area contributed by atoms with Crippen LogP contribution in [0.15, 0.2) is 59.5 Å². The monoisotopic (exact) mass is 444 g/mol. The average Bonchev–Trinajstić information content (AvgIpc) is 3.31. The average molecular weight is 445 g/mol. The Morgan fingerprint density at radius 1 is 1.18 bits per heavy atom. The molecule has 2 fully saturated rings. The van der Waals surface area contributed by atoms with E-state index >= 15 is 0 Å². The molecule has 0 aromatic carbocycles. The Labute approximate surface area is 195 Å². The number of likely N-dealkylation sites (N-methyl/N-ethyl adjacent to an activating group) is 1. The molecule has 5 aliphatic rings. The van der Waals surface area contributed by atoms with Gasteiger partial charge in [0.05, 0.1) is 17.3 Å². The molecule has 0 amide bonds.